The number of aryl methyl sites for hydroxylation is 1. The molecule has 2 N–H and O–H groups in total. The first-order valence-corrected chi connectivity index (χ1v) is 19.2. The molecule has 1 fully saturated rings. The van der Waals surface area contributed by atoms with Crippen molar-refractivity contribution in [3.8, 4) is 17.6 Å². The van der Waals surface area contributed by atoms with Crippen LogP contribution < -0.4 is 9.47 Å². The van der Waals surface area contributed by atoms with Crippen LogP contribution in [-0.4, -0.2) is 77.5 Å². The Morgan fingerprint density at radius 3 is 2.56 bits per heavy atom. The lowest BCUT2D eigenvalue weighted by molar-refractivity contribution is -0.252. The van der Waals surface area contributed by atoms with Crippen LogP contribution in [0.5, 0.6) is 11.5 Å². The van der Waals surface area contributed by atoms with E-state index in [0.717, 1.165) is 48.2 Å². The number of nitriles is 1. The van der Waals surface area contributed by atoms with E-state index in [4.69, 9.17) is 19.0 Å². The Kier molecular flexibility index (Phi) is 13.0. The molecule has 6 rings (SSSR count). The van der Waals surface area contributed by atoms with Crippen LogP contribution in [0.2, 0.25) is 0 Å². The fraction of sp³-hybridized carbons (Fsp3) is 0.455. The number of carbonyl (C=O) groups excluding carboxylic acids is 1. The second-order valence-electron chi connectivity index (χ2n) is 14.6. The predicted molar refractivity (Wildman–Crippen MR) is 209 cm³/mol. The van der Waals surface area contributed by atoms with Gasteiger partial charge < -0.3 is 34.2 Å². The van der Waals surface area contributed by atoms with Gasteiger partial charge in [-0.25, -0.2) is 0 Å². The van der Waals surface area contributed by atoms with Gasteiger partial charge in [0.25, 0.3) is 5.91 Å². The lowest BCUT2D eigenvalue weighted by Gasteiger charge is -2.59. The number of aromatic nitrogens is 1. The Balaban J connectivity index is 1.52. The summed E-state index contributed by atoms with van der Waals surface area (Å²) in [4.78, 5) is 26.1. The maximum absolute atomic E-state index is 14.3. The van der Waals surface area contributed by atoms with Crippen molar-refractivity contribution in [2.75, 3.05) is 34.0 Å². The number of aliphatic hydroxyl groups excluding tert-OH is 2. The van der Waals surface area contributed by atoms with Gasteiger partial charge in [0.15, 0.2) is 0 Å². The van der Waals surface area contributed by atoms with E-state index >= 15 is 0 Å². The van der Waals surface area contributed by atoms with E-state index < -0.39 is 17.7 Å². The number of allylic oxidation sites excluding steroid dienone is 1. The Hall–Kier alpha value is -5.02. The normalized spacial score (nSPS) is 24.4. The molecule has 1 amide bonds. The number of fused-ring (bicyclic) bond motifs is 2. The number of amides is 1. The van der Waals surface area contributed by atoms with Crippen molar-refractivity contribution in [1.29, 1.82) is 5.26 Å². The first-order valence-electron chi connectivity index (χ1n) is 19.2. The maximum atomic E-state index is 14.3. The lowest BCUT2D eigenvalue weighted by atomic mass is 9.55. The summed E-state index contributed by atoms with van der Waals surface area (Å²) in [7, 11) is 3.28. The first-order chi connectivity index (χ1) is 26.8. The number of unbranched alkanes of at least 4 members (excludes halogenated alkanes) is 2. The van der Waals surface area contributed by atoms with Gasteiger partial charge in [-0.05, 0) is 105 Å². The monoisotopic (exact) mass is 748 g/mol. The van der Waals surface area contributed by atoms with Gasteiger partial charge in [0.05, 0.1) is 35.6 Å². The molecule has 2 aromatic carbocycles. The molecule has 11 heteroatoms. The number of aliphatic hydroxyl groups is 2. The van der Waals surface area contributed by atoms with E-state index in [1.54, 1.807) is 42.3 Å². The van der Waals surface area contributed by atoms with Crippen LogP contribution in [0.4, 0.5) is 0 Å². The average molecular weight is 749 g/mol. The highest BCUT2D eigenvalue weighted by molar-refractivity contribution is 6.03. The van der Waals surface area contributed by atoms with E-state index in [0.29, 0.717) is 47.8 Å². The topological polar surface area (TPSA) is 147 Å². The number of hydrogen-bond donors (Lipinski definition) is 2. The van der Waals surface area contributed by atoms with E-state index in [1.165, 1.54) is 7.11 Å². The largest absolute Gasteiger partial charge is 0.487 e. The third-order valence-electron chi connectivity index (χ3n) is 11.2. The molecule has 0 unspecified atom stereocenters. The molecule has 11 nitrogen and oxygen atoms in total. The number of carbonyl (C=O) groups is 1. The summed E-state index contributed by atoms with van der Waals surface area (Å²) in [6.07, 6.45) is 8.99. The number of nitrogens with zero attached hydrogens (tertiary/aromatic N) is 4. The molecule has 1 saturated carbocycles. The molecule has 0 spiro atoms. The van der Waals surface area contributed by atoms with Gasteiger partial charge in [-0.3, -0.25) is 9.78 Å². The third-order valence-corrected chi connectivity index (χ3v) is 11.2. The highest BCUT2D eigenvalue weighted by atomic mass is 16.7. The fourth-order valence-corrected chi connectivity index (χ4v) is 8.80. The molecule has 0 radical (unpaired) electrons. The zero-order chi connectivity index (χ0) is 39.0. The summed E-state index contributed by atoms with van der Waals surface area (Å²) in [6.45, 7) is 6.61. The summed E-state index contributed by atoms with van der Waals surface area (Å²) in [5.74, 6) is -0.686. The number of likely N-dealkylation sites (N-methyl/N-ethyl adjacent to an activating group) is 1. The molecule has 3 aromatic rings. The van der Waals surface area contributed by atoms with E-state index in [9.17, 15) is 20.3 Å². The molecule has 6 atom stereocenters. The summed E-state index contributed by atoms with van der Waals surface area (Å²) < 4.78 is 20.5. The molecule has 0 bridgehead atoms. The second-order valence-corrected chi connectivity index (χ2v) is 14.6. The van der Waals surface area contributed by atoms with Crippen LogP contribution in [0.1, 0.15) is 83.7 Å². The number of pyridine rings is 1. The van der Waals surface area contributed by atoms with E-state index in [2.05, 4.69) is 34.9 Å². The Morgan fingerprint density at radius 1 is 1.11 bits per heavy atom. The molecule has 290 valence electrons. The van der Waals surface area contributed by atoms with Crippen LogP contribution in [0, 0.1) is 36.0 Å². The van der Waals surface area contributed by atoms with Gasteiger partial charge in [0, 0.05) is 49.4 Å². The van der Waals surface area contributed by atoms with Crippen molar-refractivity contribution in [2.24, 2.45) is 22.9 Å². The Morgan fingerprint density at radius 2 is 1.87 bits per heavy atom. The van der Waals surface area contributed by atoms with Gasteiger partial charge >= 0.3 is 0 Å². The minimum atomic E-state index is -1.36. The van der Waals surface area contributed by atoms with Crippen LogP contribution >= 0.6 is 0 Å². The van der Waals surface area contributed by atoms with Crippen molar-refractivity contribution in [3.63, 3.8) is 0 Å². The van der Waals surface area contributed by atoms with Gasteiger partial charge in [-0.1, -0.05) is 36.2 Å². The Bertz CT molecular complexity index is 1920. The molecule has 3 aliphatic rings. The Labute approximate surface area is 323 Å². The molecule has 2 aliphatic carbocycles. The number of oxime groups is 1. The smallest absolute Gasteiger partial charge is 0.254 e. The third kappa shape index (κ3) is 8.32. The van der Waals surface area contributed by atoms with Crippen molar-refractivity contribution >= 4 is 11.6 Å². The molecule has 2 heterocycles. The number of hydrogen-bond acceptors (Lipinski definition) is 10. The number of rotatable bonds is 17. The minimum Gasteiger partial charge on any atom is -0.487 e. The van der Waals surface area contributed by atoms with Crippen molar-refractivity contribution in [2.45, 2.75) is 76.2 Å². The van der Waals surface area contributed by atoms with Crippen LogP contribution in [0.3, 0.4) is 0 Å². The molecular weight excluding hydrogens is 697 g/mol. The van der Waals surface area contributed by atoms with Crippen molar-refractivity contribution in [1.82, 2.24) is 9.88 Å². The first kappa shape index (κ1) is 39.7. The minimum absolute atomic E-state index is 0.0871. The van der Waals surface area contributed by atoms with Crippen molar-refractivity contribution < 1.29 is 34.1 Å². The van der Waals surface area contributed by atoms with E-state index in [-0.39, 0.29) is 49.9 Å². The summed E-state index contributed by atoms with van der Waals surface area (Å²) in [6, 6.07) is 19.8. The lowest BCUT2D eigenvalue weighted by Crippen LogP contribution is -2.69. The fourth-order valence-electron chi connectivity index (χ4n) is 8.80. The molecule has 1 aromatic heterocycles. The van der Waals surface area contributed by atoms with Crippen LogP contribution in [0.25, 0.3) is 0 Å². The van der Waals surface area contributed by atoms with Crippen molar-refractivity contribution in [3.05, 3.63) is 113 Å². The van der Waals surface area contributed by atoms with E-state index in [1.807, 2.05) is 37.3 Å². The molecule has 0 saturated heterocycles. The standard InChI is InChI=1S/C44H52N4O7/c1-5-23-54-44-40(48(3)43(51)31-17-15-30(27-45)16-18-31)26-38(47-52-4)36-24-32(12-6-8-21-49)35(14-7-9-22-50)41(42(36)44)37-25-34(19-20-39(37)55-44)53-28-33-13-10-11-29(2)46-33/h5,10-11,13,15-20,24-25,32,35,40-42,49-50H,1,6-9,12,14,21-23,26,28H2,2-4H3/t32-,35+,40-,41+,42+,44+/m0/s1. The zero-order valence-corrected chi connectivity index (χ0v) is 32.0. The highest BCUT2D eigenvalue weighted by Crippen LogP contribution is 2.61. The summed E-state index contributed by atoms with van der Waals surface area (Å²) >= 11 is 0. The number of benzene rings is 2. The number of ether oxygens (including phenoxy) is 3. The van der Waals surface area contributed by atoms with Gasteiger partial charge in [-0.15, -0.1) is 6.58 Å². The molecule has 1 aliphatic heterocycles. The predicted octanol–water partition coefficient (Wildman–Crippen LogP) is 6.88. The zero-order valence-electron chi connectivity index (χ0n) is 32.0. The van der Waals surface area contributed by atoms with Gasteiger partial charge in [0.1, 0.15) is 31.3 Å². The second kappa shape index (κ2) is 18.1. The summed E-state index contributed by atoms with van der Waals surface area (Å²) in [5, 5.41) is 33.6. The SMILES string of the molecule is C=CCO[C@@]12Oc3ccc(OCc4cccc(C)n4)cc3[C@H]3[C@H](CCCCO)[C@@H](CCCCO)C=C(C(=NOC)C[C@@H]1N(C)C(=O)c1ccc(C#N)cc1)[C@H]32. The summed E-state index contributed by atoms with van der Waals surface area (Å²) in [5.41, 5.74) is 5.28. The highest BCUT2D eigenvalue weighted by Gasteiger charge is 2.65. The van der Waals surface area contributed by atoms with Crippen LogP contribution in [-0.2, 0) is 16.2 Å². The molecular formula is C44H52N4O7. The maximum Gasteiger partial charge on any atom is 0.254 e. The quantitative estimate of drug-likeness (QED) is 0.0857. The van der Waals surface area contributed by atoms with Gasteiger partial charge in [0.2, 0.25) is 5.79 Å². The molecule has 55 heavy (non-hydrogen) atoms. The van der Waals surface area contributed by atoms with Crippen LogP contribution in [0.15, 0.2) is 90.1 Å². The van der Waals surface area contributed by atoms with Gasteiger partial charge in [-0.2, -0.15) is 5.26 Å². The average Bonchev–Trinajstić information content (AvgIpc) is 3.20.